The lowest BCUT2D eigenvalue weighted by molar-refractivity contribution is 0.415. The van der Waals surface area contributed by atoms with E-state index in [4.69, 9.17) is 16.3 Å². The maximum atomic E-state index is 12.1. The molecular formula is C21H16ClN3O2. The summed E-state index contributed by atoms with van der Waals surface area (Å²) in [6.45, 7) is 2.01. The lowest BCUT2D eigenvalue weighted by atomic mass is 10.1. The molecule has 4 aromatic rings. The third-order valence-corrected chi connectivity index (χ3v) is 4.65. The number of halogens is 1. The average molecular weight is 378 g/mol. The second-order valence-electron chi connectivity index (χ2n) is 6.24. The Labute approximate surface area is 160 Å². The molecule has 2 aromatic heterocycles. The van der Waals surface area contributed by atoms with Crippen molar-refractivity contribution in [2.75, 3.05) is 7.11 Å². The van der Waals surface area contributed by atoms with E-state index in [-0.39, 0.29) is 0 Å². The zero-order chi connectivity index (χ0) is 19.0. The fourth-order valence-corrected chi connectivity index (χ4v) is 3.17. The standard InChI is InChI=1S/C21H16ClN3O2/c1-12-3-5-13(6-4-12)18-11-19(25-21(26)24-18)16-10-14-9-15(27-2)7-8-17(14)23-20(16)22/h3-11H,1-2H3,(H,24,25,26). The molecule has 0 aliphatic carbocycles. The van der Waals surface area contributed by atoms with E-state index in [9.17, 15) is 4.79 Å². The summed E-state index contributed by atoms with van der Waals surface area (Å²) in [6.07, 6.45) is 0. The fourth-order valence-electron chi connectivity index (χ4n) is 2.92. The van der Waals surface area contributed by atoms with Crippen LogP contribution in [0.1, 0.15) is 5.56 Å². The maximum Gasteiger partial charge on any atom is 0.345 e. The van der Waals surface area contributed by atoms with E-state index in [0.717, 1.165) is 27.8 Å². The Morgan fingerprint density at radius 1 is 1.00 bits per heavy atom. The van der Waals surface area contributed by atoms with E-state index in [1.165, 1.54) is 0 Å². The summed E-state index contributed by atoms with van der Waals surface area (Å²) in [5.41, 5.74) is 4.08. The SMILES string of the molecule is COc1ccc2nc(Cl)c(-c3cc(-c4ccc(C)cc4)nc(=O)[nH]3)cc2c1. The highest BCUT2D eigenvalue weighted by Crippen LogP contribution is 2.31. The monoisotopic (exact) mass is 377 g/mol. The Morgan fingerprint density at radius 3 is 2.52 bits per heavy atom. The van der Waals surface area contributed by atoms with Gasteiger partial charge in [0.1, 0.15) is 10.9 Å². The summed E-state index contributed by atoms with van der Waals surface area (Å²) in [5.74, 6) is 0.723. The summed E-state index contributed by atoms with van der Waals surface area (Å²) in [4.78, 5) is 23.4. The first-order valence-corrected chi connectivity index (χ1v) is 8.74. The molecule has 27 heavy (non-hydrogen) atoms. The Bertz CT molecular complexity index is 1200. The number of methoxy groups -OCH3 is 1. The first kappa shape index (κ1) is 17.2. The van der Waals surface area contributed by atoms with Gasteiger partial charge in [-0.1, -0.05) is 41.4 Å². The molecule has 134 valence electrons. The molecule has 6 heteroatoms. The summed E-state index contributed by atoms with van der Waals surface area (Å²) in [7, 11) is 1.61. The number of aromatic amines is 1. The quantitative estimate of drug-likeness (QED) is 0.529. The third kappa shape index (κ3) is 3.41. The zero-order valence-electron chi connectivity index (χ0n) is 14.8. The van der Waals surface area contributed by atoms with Gasteiger partial charge in [0.05, 0.1) is 24.0 Å². The maximum absolute atomic E-state index is 12.1. The second kappa shape index (κ2) is 6.85. The number of fused-ring (bicyclic) bond motifs is 1. The van der Waals surface area contributed by atoms with Crippen LogP contribution in [-0.4, -0.2) is 22.1 Å². The van der Waals surface area contributed by atoms with Gasteiger partial charge < -0.3 is 9.72 Å². The van der Waals surface area contributed by atoms with Gasteiger partial charge in [0.15, 0.2) is 0 Å². The third-order valence-electron chi connectivity index (χ3n) is 4.36. The molecule has 0 saturated carbocycles. The van der Waals surface area contributed by atoms with Crippen LogP contribution in [0.2, 0.25) is 5.15 Å². The van der Waals surface area contributed by atoms with E-state index in [0.29, 0.717) is 22.1 Å². The summed E-state index contributed by atoms with van der Waals surface area (Å²) >= 11 is 6.40. The molecule has 2 aromatic carbocycles. The Hall–Kier alpha value is -3.18. The first-order chi connectivity index (χ1) is 13.0. The van der Waals surface area contributed by atoms with Crippen LogP contribution in [-0.2, 0) is 0 Å². The molecule has 0 saturated heterocycles. The van der Waals surface area contributed by atoms with Crippen LogP contribution < -0.4 is 10.4 Å². The number of H-pyrrole nitrogens is 1. The zero-order valence-corrected chi connectivity index (χ0v) is 15.5. The van der Waals surface area contributed by atoms with Crippen LogP contribution in [0.25, 0.3) is 33.4 Å². The number of hydrogen-bond acceptors (Lipinski definition) is 4. The fraction of sp³-hybridized carbons (Fsp3) is 0.0952. The van der Waals surface area contributed by atoms with Crippen molar-refractivity contribution in [2.45, 2.75) is 6.92 Å². The number of nitrogens with one attached hydrogen (secondary N) is 1. The Balaban J connectivity index is 1.88. The largest absolute Gasteiger partial charge is 0.497 e. The normalized spacial score (nSPS) is 10.9. The molecule has 1 N–H and O–H groups in total. The van der Waals surface area contributed by atoms with Gasteiger partial charge in [-0.2, -0.15) is 4.98 Å². The van der Waals surface area contributed by atoms with Gasteiger partial charge >= 0.3 is 5.69 Å². The Kier molecular flexibility index (Phi) is 4.38. The van der Waals surface area contributed by atoms with Crippen molar-refractivity contribution in [3.8, 4) is 28.3 Å². The number of pyridine rings is 1. The van der Waals surface area contributed by atoms with Gasteiger partial charge in [-0.25, -0.2) is 9.78 Å². The summed E-state index contributed by atoms with van der Waals surface area (Å²) < 4.78 is 5.28. The van der Waals surface area contributed by atoms with Crippen LogP contribution in [0.15, 0.2) is 59.4 Å². The van der Waals surface area contributed by atoms with E-state index in [1.807, 2.05) is 55.5 Å². The predicted octanol–water partition coefficient (Wildman–Crippen LogP) is 4.62. The lowest BCUT2D eigenvalue weighted by Crippen LogP contribution is -2.12. The predicted molar refractivity (Wildman–Crippen MR) is 107 cm³/mol. The number of nitrogens with zero attached hydrogens (tertiary/aromatic N) is 2. The molecule has 0 unspecified atom stereocenters. The van der Waals surface area contributed by atoms with Gasteiger partial charge in [-0.3, -0.25) is 0 Å². The number of benzene rings is 2. The van der Waals surface area contributed by atoms with Crippen molar-refractivity contribution in [3.63, 3.8) is 0 Å². The van der Waals surface area contributed by atoms with Crippen LogP contribution in [0.5, 0.6) is 5.75 Å². The van der Waals surface area contributed by atoms with E-state index < -0.39 is 5.69 Å². The van der Waals surface area contributed by atoms with Crippen molar-refractivity contribution < 1.29 is 4.74 Å². The topological polar surface area (TPSA) is 67.9 Å². The highest BCUT2D eigenvalue weighted by Gasteiger charge is 2.12. The van der Waals surface area contributed by atoms with Crippen LogP contribution in [0, 0.1) is 6.92 Å². The van der Waals surface area contributed by atoms with E-state index in [2.05, 4.69) is 15.0 Å². The minimum atomic E-state index is -0.440. The molecule has 2 heterocycles. The summed E-state index contributed by atoms with van der Waals surface area (Å²) in [6, 6.07) is 17.1. The molecule has 0 atom stereocenters. The van der Waals surface area contributed by atoms with Crippen LogP contribution >= 0.6 is 11.6 Å². The number of aromatic nitrogens is 3. The minimum Gasteiger partial charge on any atom is -0.497 e. The summed E-state index contributed by atoms with van der Waals surface area (Å²) in [5, 5.41) is 1.17. The van der Waals surface area contributed by atoms with Crippen molar-refractivity contribution >= 4 is 22.5 Å². The Morgan fingerprint density at radius 2 is 1.78 bits per heavy atom. The van der Waals surface area contributed by atoms with Crippen molar-refractivity contribution in [1.82, 2.24) is 15.0 Å². The minimum absolute atomic E-state index is 0.310. The van der Waals surface area contributed by atoms with Gasteiger partial charge in [0.25, 0.3) is 0 Å². The number of ether oxygens (including phenoxy) is 1. The van der Waals surface area contributed by atoms with Crippen LogP contribution in [0.3, 0.4) is 0 Å². The van der Waals surface area contributed by atoms with Crippen LogP contribution in [0.4, 0.5) is 0 Å². The molecule has 0 aliphatic heterocycles. The molecule has 0 bridgehead atoms. The highest BCUT2D eigenvalue weighted by molar-refractivity contribution is 6.32. The number of aryl methyl sites for hydroxylation is 1. The van der Waals surface area contributed by atoms with Gasteiger partial charge in [-0.15, -0.1) is 0 Å². The van der Waals surface area contributed by atoms with Crippen molar-refractivity contribution in [2.24, 2.45) is 0 Å². The second-order valence-corrected chi connectivity index (χ2v) is 6.59. The van der Waals surface area contributed by atoms with Crippen molar-refractivity contribution in [3.05, 3.63) is 75.8 Å². The lowest BCUT2D eigenvalue weighted by Gasteiger charge is -2.09. The number of hydrogen-bond donors (Lipinski definition) is 1. The number of rotatable bonds is 3. The molecule has 0 fully saturated rings. The molecule has 0 spiro atoms. The smallest absolute Gasteiger partial charge is 0.345 e. The van der Waals surface area contributed by atoms with Gasteiger partial charge in [-0.05, 0) is 37.3 Å². The molecule has 0 amide bonds. The highest BCUT2D eigenvalue weighted by atomic mass is 35.5. The first-order valence-electron chi connectivity index (χ1n) is 8.36. The molecule has 5 nitrogen and oxygen atoms in total. The van der Waals surface area contributed by atoms with E-state index >= 15 is 0 Å². The van der Waals surface area contributed by atoms with Crippen molar-refractivity contribution in [1.29, 1.82) is 0 Å². The molecule has 4 rings (SSSR count). The van der Waals surface area contributed by atoms with Gasteiger partial charge in [0, 0.05) is 16.5 Å². The van der Waals surface area contributed by atoms with E-state index in [1.54, 1.807) is 13.2 Å². The molecular weight excluding hydrogens is 362 g/mol. The molecule has 0 aliphatic rings. The molecule has 0 radical (unpaired) electrons. The van der Waals surface area contributed by atoms with Gasteiger partial charge in [0.2, 0.25) is 0 Å². The average Bonchev–Trinajstić information content (AvgIpc) is 2.67.